The molecule has 0 aliphatic heterocycles. The summed E-state index contributed by atoms with van der Waals surface area (Å²) in [5.41, 5.74) is 8.71. The number of aromatic nitrogens is 8. The number of hydrogen-bond donors (Lipinski definition) is 0. The van der Waals surface area contributed by atoms with Crippen molar-refractivity contribution in [1.82, 2.24) is 40.3 Å². The molecule has 0 bridgehead atoms. The highest BCUT2D eigenvalue weighted by Gasteiger charge is 2.17. The lowest BCUT2D eigenvalue weighted by molar-refractivity contribution is 1.09. The summed E-state index contributed by atoms with van der Waals surface area (Å²) >= 11 is 3.00. The number of nitrogens with zero attached hydrogens (tertiary/aromatic N) is 8. The molecule has 8 rings (SSSR count). The van der Waals surface area contributed by atoms with E-state index in [1.165, 1.54) is 22.7 Å². The van der Waals surface area contributed by atoms with Crippen LogP contribution in [0.2, 0.25) is 0 Å². The summed E-state index contributed by atoms with van der Waals surface area (Å²) < 4.78 is 0. The van der Waals surface area contributed by atoms with E-state index in [0.717, 1.165) is 76.4 Å². The largest absolute Gasteiger partial charge is 0.255 e. The van der Waals surface area contributed by atoms with Crippen LogP contribution in [0.5, 0.6) is 0 Å². The molecule has 0 atom stereocenters. The average molecular weight is 631 g/mol. The van der Waals surface area contributed by atoms with Gasteiger partial charge >= 0.3 is 0 Å². The maximum atomic E-state index is 4.83. The molecule has 0 aliphatic rings. The molecule has 8 nitrogen and oxygen atoms in total. The fourth-order valence-electron chi connectivity index (χ4n) is 4.98. The fraction of sp³-hybridized carbons (Fsp3) is 0. The fourth-order valence-corrected chi connectivity index (χ4v) is 6.58. The third-order valence-corrected chi connectivity index (χ3v) is 9.16. The lowest BCUT2D eigenvalue weighted by atomic mass is 10.00. The third kappa shape index (κ3) is 5.70. The van der Waals surface area contributed by atoms with Crippen LogP contribution in [0.15, 0.2) is 134 Å². The second-order valence-electron chi connectivity index (χ2n) is 10.2. The molecule has 10 heteroatoms. The highest BCUT2D eigenvalue weighted by molar-refractivity contribution is 7.18. The van der Waals surface area contributed by atoms with E-state index in [4.69, 9.17) is 9.97 Å². The topological polar surface area (TPSA) is 103 Å². The first-order valence-corrected chi connectivity index (χ1v) is 16.1. The third-order valence-electron chi connectivity index (χ3n) is 7.18. The van der Waals surface area contributed by atoms with E-state index in [2.05, 4.69) is 60.7 Å². The molecule has 6 aromatic heterocycles. The molecule has 8 aromatic rings. The molecule has 0 N–H and O–H groups in total. The predicted molar refractivity (Wildman–Crippen MR) is 183 cm³/mol. The Balaban J connectivity index is 1.16. The summed E-state index contributed by atoms with van der Waals surface area (Å²) in [7, 11) is 0. The molecule has 0 amide bonds. The normalized spacial score (nSPS) is 11.0. The summed E-state index contributed by atoms with van der Waals surface area (Å²) in [5, 5.41) is 21.3. The van der Waals surface area contributed by atoms with Gasteiger partial charge in [0.2, 0.25) is 0 Å². The summed E-state index contributed by atoms with van der Waals surface area (Å²) in [6.07, 6.45) is 3.53. The van der Waals surface area contributed by atoms with Crippen LogP contribution in [0.1, 0.15) is 0 Å². The van der Waals surface area contributed by atoms with Gasteiger partial charge in [0.05, 0.1) is 22.8 Å². The molecular weight excluding hydrogens is 609 g/mol. The molecule has 46 heavy (non-hydrogen) atoms. The molecule has 0 saturated heterocycles. The van der Waals surface area contributed by atoms with Gasteiger partial charge < -0.3 is 0 Å². The van der Waals surface area contributed by atoms with Crippen molar-refractivity contribution in [3.63, 3.8) is 0 Å². The zero-order valence-corrected chi connectivity index (χ0v) is 25.7. The minimum Gasteiger partial charge on any atom is -0.255 e. The van der Waals surface area contributed by atoms with Crippen molar-refractivity contribution in [2.75, 3.05) is 0 Å². The smallest absolute Gasteiger partial charge is 0.166 e. The zero-order valence-electron chi connectivity index (χ0n) is 24.1. The minimum atomic E-state index is 0.733. The van der Waals surface area contributed by atoms with Gasteiger partial charge in [0, 0.05) is 23.5 Å². The van der Waals surface area contributed by atoms with Gasteiger partial charge in [-0.25, -0.2) is 9.97 Å². The molecule has 6 heterocycles. The van der Waals surface area contributed by atoms with E-state index < -0.39 is 0 Å². The van der Waals surface area contributed by atoms with Gasteiger partial charge in [-0.3, -0.25) is 9.97 Å². The van der Waals surface area contributed by atoms with Gasteiger partial charge in [-0.1, -0.05) is 77.3 Å². The lowest BCUT2D eigenvalue weighted by Crippen LogP contribution is -1.89. The van der Waals surface area contributed by atoms with Crippen molar-refractivity contribution < 1.29 is 0 Å². The van der Waals surface area contributed by atoms with Crippen molar-refractivity contribution >= 4 is 22.7 Å². The zero-order chi connectivity index (χ0) is 30.7. The monoisotopic (exact) mass is 630 g/mol. The molecule has 0 saturated carbocycles. The van der Waals surface area contributed by atoms with E-state index in [1.807, 2.05) is 91.0 Å². The molecule has 2 aromatic carbocycles. The second-order valence-corrected chi connectivity index (χ2v) is 12.2. The summed E-state index contributed by atoms with van der Waals surface area (Å²) in [5.74, 6) is 0. The number of benzene rings is 2. The van der Waals surface area contributed by atoms with E-state index in [1.54, 1.807) is 12.4 Å². The van der Waals surface area contributed by atoms with Crippen LogP contribution in [0, 0.1) is 0 Å². The van der Waals surface area contributed by atoms with Gasteiger partial charge in [-0.2, -0.15) is 0 Å². The highest BCUT2D eigenvalue weighted by Crippen LogP contribution is 2.38. The standard InChI is InChI=1S/C36H22N8S2/c1-2-10-23(11-3-1)24-20-25(33-41-43-35(45-33)31-16-8-14-29(39-31)27-12-4-6-18-37-27)22-26(21-24)34-42-44-36(46-34)32-17-9-15-30(40-32)28-13-5-7-19-38-28/h1-22H. The average Bonchev–Trinajstić information content (AvgIpc) is 3.85. The van der Waals surface area contributed by atoms with Gasteiger partial charge in [0.25, 0.3) is 0 Å². The van der Waals surface area contributed by atoms with Gasteiger partial charge in [-0.15, -0.1) is 20.4 Å². The molecule has 218 valence electrons. The SMILES string of the molecule is c1ccc(-c2cc(-c3nnc(-c4cccc(-c5ccccn5)n4)s3)cc(-c3nnc(-c4cccc(-c5ccccn5)n4)s3)c2)cc1. The first-order chi connectivity index (χ1) is 22.8. The summed E-state index contributed by atoms with van der Waals surface area (Å²) in [6.45, 7) is 0. The molecule has 0 spiro atoms. The van der Waals surface area contributed by atoms with E-state index in [9.17, 15) is 0 Å². The Morgan fingerprint density at radius 3 is 1.26 bits per heavy atom. The van der Waals surface area contributed by atoms with Crippen molar-refractivity contribution in [2.24, 2.45) is 0 Å². The quantitative estimate of drug-likeness (QED) is 0.172. The molecule has 0 radical (unpaired) electrons. The van der Waals surface area contributed by atoms with E-state index in [0.29, 0.717) is 0 Å². The maximum absolute atomic E-state index is 4.83. The van der Waals surface area contributed by atoms with Crippen molar-refractivity contribution in [1.29, 1.82) is 0 Å². The van der Waals surface area contributed by atoms with Crippen molar-refractivity contribution in [2.45, 2.75) is 0 Å². The van der Waals surface area contributed by atoms with Crippen molar-refractivity contribution in [3.8, 4) is 76.4 Å². The molecule has 0 aliphatic carbocycles. The van der Waals surface area contributed by atoms with Crippen LogP contribution in [-0.2, 0) is 0 Å². The molecule has 0 fully saturated rings. The highest BCUT2D eigenvalue weighted by atomic mass is 32.1. The number of rotatable bonds is 7. The number of hydrogen-bond acceptors (Lipinski definition) is 10. The van der Waals surface area contributed by atoms with Gasteiger partial charge in [-0.05, 0) is 77.9 Å². The van der Waals surface area contributed by atoms with E-state index in [-0.39, 0.29) is 0 Å². The Hall–Kier alpha value is -5.84. The minimum absolute atomic E-state index is 0.733. The van der Waals surface area contributed by atoms with Crippen LogP contribution < -0.4 is 0 Å². The Morgan fingerprint density at radius 1 is 0.326 bits per heavy atom. The number of pyridine rings is 4. The summed E-state index contributed by atoms with van der Waals surface area (Å²) in [6, 6.07) is 40.0. The first-order valence-electron chi connectivity index (χ1n) is 14.4. The predicted octanol–water partition coefficient (Wildman–Crippen LogP) is 8.64. The Kier molecular flexibility index (Phi) is 7.39. The van der Waals surface area contributed by atoms with Crippen molar-refractivity contribution in [3.05, 3.63) is 134 Å². The Labute approximate surface area is 272 Å². The Morgan fingerprint density at radius 2 is 0.761 bits per heavy atom. The van der Waals surface area contributed by atoms with Crippen LogP contribution in [0.4, 0.5) is 0 Å². The molecular formula is C36H22N8S2. The van der Waals surface area contributed by atoms with Gasteiger partial charge in [0.1, 0.15) is 21.4 Å². The first kappa shape index (κ1) is 27.7. The lowest BCUT2D eigenvalue weighted by Gasteiger charge is -2.07. The maximum Gasteiger partial charge on any atom is 0.166 e. The van der Waals surface area contributed by atoms with Crippen LogP contribution >= 0.6 is 22.7 Å². The van der Waals surface area contributed by atoms with Crippen LogP contribution in [0.25, 0.3) is 76.4 Å². The molecule has 0 unspecified atom stereocenters. The summed E-state index contributed by atoms with van der Waals surface area (Å²) in [4.78, 5) is 18.5. The second kappa shape index (κ2) is 12.3. The van der Waals surface area contributed by atoms with E-state index >= 15 is 0 Å². The Bertz CT molecular complexity index is 2130. The van der Waals surface area contributed by atoms with Gasteiger partial charge in [0.15, 0.2) is 10.0 Å². The van der Waals surface area contributed by atoms with Crippen LogP contribution in [0.3, 0.4) is 0 Å². The van der Waals surface area contributed by atoms with Crippen LogP contribution in [-0.4, -0.2) is 40.3 Å².